The van der Waals surface area contributed by atoms with Gasteiger partial charge in [-0.25, -0.2) is 0 Å². The molecule has 7 atom stereocenters. The maximum atomic E-state index is 14.3. The molecule has 0 radical (unpaired) electrons. The quantitative estimate of drug-likeness (QED) is 0.0219. The number of carboxylic acids is 1. The molecule has 1 fully saturated rings. The predicted octanol–water partition coefficient (Wildman–Crippen LogP) is -1.64. The maximum absolute atomic E-state index is 14.3. The molecule has 1 aromatic rings. The minimum absolute atomic E-state index is 0.0151. The van der Waals surface area contributed by atoms with Gasteiger partial charge >= 0.3 is 5.97 Å². The second-order valence-electron chi connectivity index (χ2n) is 18.4. The van der Waals surface area contributed by atoms with Crippen LogP contribution in [0.15, 0.2) is 35.3 Å². The van der Waals surface area contributed by atoms with Gasteiger partial charge in [0.05, 0.1) is 0 Å². The highest BCUT2D eigenvalue weighted by molar-refractivity contribution is 5.98. The molecule has 0 aliphatic carbocycles. The molecule has 1 aliphatic rings. The normalized spacial score (nSPS) is 15.8. The molecule has 1 saturated heterocycles. The molecule has 70 heavy (non-hydrogen) atoms. The molecule has 0 aromatic heterocycles. The summed E-state index contributed by atoms with van der Waals surface area (Å²) in [5, 5.41) is 27.9. The van der Waals surface area contributed by atoms with E-state index < -0.39 is 102 Å². The molecule has 23 heteroatoms. The summed E-state index contributed by atoms with van der Waals surface area (Å²) >= 11 is 0. The molecule has 1 heterocycles. The van der Waals surface area contributed by atoms with Crippen molar-refractivity contribution in [2.24, 2.45) is 39.8 Å². The van der Waals surface area contributed by atoms with Crippen molar-refractivity contribution in [1.82, 2.24) is 42.1 Å². The molecule has 0 bridgehead atoms. The van der Waals surface area contributed by atoms with E-state index >= 15 is 0 Å². The van der Waals surface area contributed by atoms with E-state index in [1.807, 2.05) is 13.8 Å². The number of carboxylic acid groups (broad SMARTS) is 1. The summed E-state index contributed by atoms with van der Waals surface area (Å²) in [5.41, 5.74) is 23.3. The Kier molecular flexibility index (Phi) is 27.1. The molecule has 0 saturated carbocycles. The number of guanidine groups is 1. The van der Waals surface area contributed by atoms with Crippen LogP contribution in [-0.4, -0.2) is 144 Å². The number of benzene rings is 1. The van der Waals surface area contributed by atoms with Gasteiger partial charge in [0.1, 0.15) is 48.8 Å². The molecule has 1 aliphatic heterocycles. The third-order valence-electron chi connectivity index (χ3n) is 11.6. The lowest BCUT2D eigenvalue weighted by Gasteiger charge is -2.29. The monoisotopic (exact) mass is 986 g/mol. The zero-order chi connectivity index (χ0) is 52.3. The molecule has 23 nitrogen and oxygen atoms in total. The van der Waals surface area contributed by atoms with Crippen LogP contribution in [-0.2, 0) is 49.6 Å². The number of carbonyl (C=O) groups excluding carboxylic acids is 8. The van der Waals surface area contributed by atoms with Gasteiger partial charge in [-0.3, -0.25) is 48.1 Å². The number of carbonyl (C=O) groups is 9. The van der Waals surface area contributed by atoms with Crippen LogP contribution in [0.4, 0.5) is 0 Å². The number of aliphatic carboxylic acids is 1. The lowest BCUT2D eigenvalue weighted by molar-refractivity contribution is -0.139. The molecule has 0 unspecified atom stereocenters. The predicted molar refractivity (Wildman–Crippen MR) is 263 cm³/mol. The lowest BCUT2D eigenvalue weighted by atomic mass is 10.00. The van der Waals surface area contributed by atoms with Crippen molar-refractivity contribution in [1.29, 1.82) is 0 Å². The highest BCUT2D eigenvalue weighted by Gasteiger charge is 2.37. The minimum atomic E-state index is -1.29. The van der Waals surface area contributed by atoms with Crippen LogP contribution < -0.4 is 60.2 Å². The summed E-state index contributed by atoms with van der Waals surface area (Å²) in [6, 6.07) is 0.799. The van der Waals surface area contributed by atoms with E-state index in [1.54, 1.807) is 44.2 Å². The smallest absolute Gasteiger partial charge is 0.322 e. The molecule has 392 valence electrons. The van der Waals surface area contributed by atoms with Gasteiger partial charge in [0.25, 0.3) is 0 Å². The van der Waals surface area contributed by atoms with Gasteiger partial charge in [-0.2, -0.15) is 0 Å². The Hall–Kier alpha value is -6.36. The van der Waals surface area contributed by atoms with E-state index in [-0.39, 0.29) is 69.4 Å². The first-order chi connectivity index (χ1) is 33.2. The van der Waals surface area contributed by atoms with Crippen molar-refractivity contribution < 1.29 is 48.3 Å². The van der Waals surface area contributed by atoms with Gasteiger partial charge in [-0.15, -0.1) is 0 Å². The van der Waals surface area contributed by atoms with E-state index in [9.17, 15) is 48.3 Å². The highest BCUT2D eigenvalue weighted by Crippen LogP contribution is 2.19. The van der Waals surface area contributed by atoms with Gasteiger partial charge in [0.2, 0.25) is 47.3 Å². The van der Waals surface area contributed by atoms with Crippen molar-refractivity contribution in [3.8, 4) is 0 Å². The first-order valence-electron chi connectivity index (χ1n) is 24.3. The van der Waals surface area contributed by atoms with Crippen molar-refractivity contribution in [2.75, 3.05) is 32.7 Å². The number of hydrogen-bond acceptors (Lipinski definition) is 12. The van der Waals surface area contributed by atoms with Crippen molar-refractivity contribution in [2.45, 2.75) is 154 Å². The van der Waals surface area contributed by atoms with Gasteiger partial charge in [-0.1, -0.05) is 58.0 Å². The van der Waals surface area contributed by atoms with Gasteiger partial charge in [0, 0.05) is 26.4 Å². The number of nitrogens with one attached hydrogen (secondary N) is 7. The average Bonchev–Trinajstić information content (AvgIpc) is 3.81. The Bertz CT molecular complexity index is 1910. The van der Waals surface area contributed by atoms with E-state index in [2.05, 4.69) is 42.2 Å². The Morgan fingerprint density at radius 3 is 1.66 bits per heavy atom. The summed E-state index contributed by atoms with van der Waals surface area (Å²) in [5.74, 6) is -7.13. The van der Waals surface area contributed by atoms with Crippen LogP contribution in [0.5, 0.6) is 0 Å². The number of likely N-dealkylation sites (tertiary alicyclic amines) is 1. The lowest BCUT2D eigenvalue weighted by Crippen LogP contribution is -2.60. The Morgan fingerprint density at radius 2 is 1.17 bits per heavy atom. The maximum Gasteiger partial charge on any atom is 0.322 e. The van der Waals surface area contributed by atoms with E-state index in [4.69, 9.17) is 22.9 Å². The van der Waals surface area contributed by atoms with Crippen molar-refractivity contribution in [3.05, 3.63) is 35.9 Å². The van der Waals surface area contributed by atoms with E-state index in [0.717, 1.165) is 0 Å². The van der Waals surface area contributed by atoms with Crippen LogP contribution in [0.1, 0.15) is 111 Å². The fourth-order valence-corrected chi connectivity index (χ4v) is 7.89. The third kappa shape index (κ3) is 21.9. The molecular weight excluding hydrogens is 907 g/mol. The van der Waals surface area contributed by atoms with Gasteiger partial charge < -0.3 is 70.2 Å². The van der Waals surface area contributed by atoms with Gasteiger partial charge in [0.15, 0.2) is 5.96 Å². The number of unbranched alkanes of at least 4 members (excludes halogenated alkanes) is 2. The second-order valence-corrected chi connectivity index (χ2v) is 18.4. The summed E-state index contributed by atoms with van der Waals surface area (Å²) < 4.78 is 0. The van der Waals surface area contributed by atoms with Crippen molar-refractivity contribution in [3.63, 3.8) is 0 Å². The average molecular weight is 986 g/mol. The number of nitrogens with zero attached hydrogens (tertiary/aromatic N) is 2. The van der Waals surface area contributed by atoms with E-state index in [1.165, 1.54) is 11.8 Å². The molecule has 16 N–H and O–H groups in total. The molecule has 8 amide bonds. The van der Waals surface area contributed by atoms with Crippen LogP contribution in [0.3, 0.4) is 0 Å². The minimum Gasteiger partial charge on any atom is -0.480 e. The van der Waals surface area contributed by atoms with Gasteiger partial charge in [-0.05, 0) is 101 Å². The molecule has 2 rings (SSSR count). The fourth-order valence-electron chi connectivity index (χ4n) is 7.89. The third-order valence-corrected chi connectivity index (χ3v) is 11.6. The molecule has 1 aromatic carbocycles. The Morgan fingerprint density at radius 1 is 0.671 bits per heavy atom. The highest BCUT2D eigenvalue weighted by atomic mass is 16.4. The topological polar surface area (TPSA) is 378 Å². The number of nitrogens with two attached hydrogens (primary N) is 4. The molecular formula is C47H79N13O10. The largest absolute Gasteiger partial charge is 0.480 e. The summed E-state index contributed by atoms with van der Waals surface area (Å²) in [6.45, 7) is 8.90. The zero-order valence-corrected chi connectivity index (χ0v) is 41.4. The number of aliphatic imine (C=N–C) groups is 1. The number of hydrogen-bond donors (Lipinski definition) is 12. The SMILES string of the molecule is CC(=O)N1CCC[C@H]1C(=O)N[C@H](C(=O)N[C@@H](CCCCN)C(=O)N[C@H](CCCN=C(N)N)C(=O)N[C@@H](CCCCN)C(=O)N[C@@H](CC(C)C)C(=O)N[C@@H](Cc1ccccc1)C(=O)NCC(=O)O)C(C)C. The first-order valence-corrected chi connectivity index (χ1v) is 24.3. The van der Waals surface area contributed by atoms with Crippen LogP contribution in [0, 0.1) is 11.8 Å². The van der Waals surface area contributed by atoms with Crippen LogP contribution in [0.2, 0.25) is 0 Å². The summed E-state index contributed by atoms with van der Waals surface area (Å²) in [7, 11) is 0. The van der Waals surface area contributed by atoms with Crippen LogP contribution in [0.25, 0.3) is 0 Å². The zero-order valence-electron chi connectivity index (χ0n) is 41.4. The number of amides is 8. The Labute approximate surface area is 410 Å². The number of rotatable bonds is 32. The van der Waals surface area contributed by atoms with Crippen LogP contribution >= 0.6 is 0 Å². The van der Waals surface area contributed by atoms with E-state index in [0.29, 0.717) is 57.2 Å². The second kappa shape index (κ2) is 31.7. The fraction of sp³-hybridized carbons (Fsp3) is 0.660. The Balaban J connectivity index is 2.42. The van der Waals surface area contributed by atoms with Crippen molar-refractivity contribution >= 4 is 59.2 Å². The standard InChI is InChI=1S/C47H79N13O10/c1-28(2)25-35(44(68)58-36(40(64)53-27-38(62)63)26-31-15-7-6-8-16-31)57-43(67)32(17-9-11-21-48)54-42(66)34(19-13-23-52-47(50)51)55-41(65)33(18-10-12-22-49)56-46(70)39(29(3)4)59-45(69)37-20-14-24-60(37)30(5)61/h6-8,15-16,28-29,32-37,39H,9-14,17-27,48-49H2,1-5H3,(H,53,64)(H,54,66)(H,55,65)(H,56,70)(H,57,67)(H,58,68)(H,59,69)(H,62,63)(H4,50,51,52)/t32-,33-,34+,35-,36-,37-,39-/m0/s1. The first kappa shape index (κ1) is 59.8. The molecule has 0 spiro atoms. The summed E-state index contributed by atoms with van der Waals surface area (Å²) in [4.78, 5) is 126. The summed E-state index contributed by atoms with van der Waals surface area (Å²) in [6.07, 6.45) is 3.38.